The third-order valence-corrected chi connectivity index (χ3v) is 5.94. The molecule has 0 radical (unpaired) electrons. The lowest BCUT2D eigenvalue weighted by Crippen LogP contribution is -2.13. The molecular weight excluding hydrogens is 348 g/mol. The Balaban J connectivity index is 1.66. The van der Waals surface area contributed by atoms with Crippen molar-refractivity contribution in [3.05, 3.63) is 83.9 Å². The third kappa shape index (κ3) is 2.93. The average Bonchev–Trinajstić information content (AvgIpc) is 3.11. The lowest BCUT2D eigenvalue weighted by atomic mass is 9.88. The number of alkyl halides is 1. The van der Waals surface area contributed by atoms with Gasteiger partial charge in [-0.2, -0.15) is 0 Å². The summed E-state index contributed by atoms with van der Waals surface area (Å²) in [4.78, 5) is 0.322. The summed E-state index contributed by atoms with van der Waals surface area (Å²) in [6.45, 7) is 0.830. The van der Waals surface area contributed by atoms with Crippen molar-refractivity contribution in [2.24, 2.45) is 5.92 Å². The Morgan fingerprint density at radius 2 is 1.61 bits per heavy atom. The van der Waals surface area contributed by atoms with E-state index in [1.807, 2.05) is 0 Å². The monoisotopic (exact) mass is 366 g/mol. The van der Waals surface area contributed by atoms with E-state index >= 15 is 0 Å². The van der Waals surface area contributed by atoms with E-state index in [1.165, 1.54) is 21.9 Å². The first-order chi connectivity index (χ1) is 11.3. The van der Waals surface area contributed by atoms with Gasteiger partial charge in [0.1, 0.15) is 0 Å². The molecule has 0 amide bonds. The molecule has 0 aliphatic carbocycles. The maximum absolute atomic E-state index is 6.11. The number of rotatable bonds is 3. The fourth-order valence-electron chi connectivity index (χ4n) is 3.52. The molecule has 1 aliphatic rings. The number of hydrogen-bond acceptors (Lipinski definition) is 1. The molecule has 4 rings (SSSR count). The lowest BCUT2D eigenvalue weighted by Gasteiger charge is -2.24. The first-order valence-corrected chi connectivity index (χ1v) is 9.04. The summed E-state index contributed by atoms with van der Waals surface area (Å²) in [5.41, 5.74) is 2.61. The van der Waals surface area contributed by atoms with Crippen molar-refractivity contribution in [1.82, 2.24) is 0 Å². The SMILES string of the molecule is Br[C@@H](c1ccccc1)[C@@H]1CCO[C@H]1c1ccc2ccccc2c1. The van der Waals surface area contributed by atoms with Crippen LogP contribution in [0.4, 0.5) is 0 Å². The van der Waals surface area contributed by atoms with E-state index in [2.05, 4.69) is 88.7 Å². The fraction of sp³-hybridized carbons (Fsp3) is 0.238. The fourth-order valence-corrected chi connectivity index (χ4v) is 4.36. The van der Waals surface area contributed by atoms with Crippen molar-refractivity contribution in [3.63, 3.8) is 0 Å². The number of benzene rings is 3. The number of ether oxygens (including phenoxy) is 1. The topological polar surface area (TPSA) is 9.23 Å². The summed E-state index contributed by atoms with van der Waals surface area (Å²) in [7, 11) is 0. The van der Waals surface area contributed by atoms with E-state index in [1.54, 1.807) is 0 Å². The quantitative estimate of drug-likeness (QED) is 0.512. The van der Waals surface area contributed by atoms with Gasteiger partial charge in [0.2, 0.25) is 0 Å². The maximum Gasteiger partial charge on any atom is 0.0868 e. The Hall–Kier alpha value is -1.64. The predicted molar refractivity (Wildman–Crippen MR) is 98.9 cm³/mol. The van der Waals surface area contributed by atoms with E-state index in [0.29, 0.717) is 10.7 Å². The molecule has 1 heterocycles. The van der Waals surface area contributed by atoms with Crippen LogP contribution in [0.1, 0.15) is 28.5 Å². The van der Waals surface area contributed by atoms with Crippen LogP contribution in [0.3, 0.4) is 0 Å². The van der Waals surface area contributed by atoms with E-state index in [0.717, 1.165) is 13.0 Å². The lowest BCUT2D eigenvalue weighted by molar-refractivity contribution is 0.0906. The normalized spacial score (nSPS) is 22.3. The van der Waals surface area contributed by atoms with Crippen molar-refractivity contribution in [3.8, 4) is 0 Å². The summed E-state index contributed by atoms with van der Waals surface area (Å²) in [5.74, 6) is 0.457. The van der Waals surface area contributed by atoms with Crippen LogP contribution in [0.5, 0.6) is 0 Å². The molecule has 0 unspecified atom stereocenters. The largest absolute Gasteiger partial charge is 0.373 e. The summed E-state index contributed by atoms with van der Waals surface area (Å²) in [5, 5.41) is 2.56. The minimum Gasteiger partial charge on any atom is -0.373 e. The molecule has 1 fully saturated rings. The zero-order valence-corrected chi connectivity index (χ0v) is 14.4. The minimum atomic E-state index is 0.157. The molecule has 0 N–H and O–H groups in total. The zero-order valence-electron chi connectivity index (χ0n) is 12.9. The molecule has 0 spiro atoms. The van der Waals surface area contributed by atoms with E-state index in [-0.39, 0.29) is 6.10 Å². The summed E-state index contributed by atoms with van der Waals surface area (Å²) >= 11 is 3.92. The van der Waals surface area contributed by atoms with Gasteiger partial charge in [-0.3, -0.25) is 0 Å². The van der Waals surface area contributed by atoms with Crippen molar-refractivity contribution in [2.45, 2.75) is 17.4 Å². The Bertz CT molecular complexity index is 799. The van der Waals surface area contributed by atoms with E-state index in [4.69, 9.17) is 4.74 Å². The molecule has 3 aromatic carbocycles. The van der Waals surface area contributed by atoms with Gasteiger partial charge < -0.3 is 4.74 Å². The van der Waals surface area contributed by atoms with Gasteiger partial charge in [0.25, 0.3) is 0 Å². The molecule has 2 heteroatoms. The van der Waals surface area contributed by atoms with Gasteiger partial charge in [-0.1, -0.05) is 82.7 Å². The molecule has 1 nitrogen and oxygen atoms in total. The zero-order chi connectivity index (χ0) is 15.6. The van der Waals surface area contributed by atoms with Gasteiger partial charge in [-0.25, -0.2) is 0 Å². The molecule has 1 aliphatic heterocycles. The van der Waals surface area contributed by atoms with Crippen LogP contribution in [0.2, 0.25) is 0 Å². The number of fused-ring (bicyclic) bond motifs is 1. The highest BCUT2D eigenvalue weighted by Gasteiger charge is 2.35. The molecule has 0 bridgehead atoms. The van der Waals surface area contributed by atoms with Gasteiger partial charge in [0, 0.05) is 17.4 Å². The molecule has 3 aromatic rings. The van der Waals surface area contributed by atoms with Gasteiger partial charge in [0.05, 0.1) is 6.10 Å². The Labute approximate surface area is 145 Å². The highest BCUT2D eigenvalue weighted by atomic mass is 79.9. The van der Waals surface area contributed by atoms with Gasteiger partial charge in [-0.15, -0.1) is 0 Å². The Morgan fingerprint density at radius 1 is 0.870 bits per heavy atom. The van der Waals surface area contributed by atoms with Crippen molar-refractivity contribution in [1.29, 1.82) is 0 Å². The summed E-state index contributed by atoms with van der Waals surface area (Å²) in [6.07, 6.45) is 1.24. The molecule has 23 heavy (non-hydrogen) atoms. The first-order valence-electron chi connectivity index (χ1n) is 8.12. The van der Waals surface area contributed by atoms with Crippen molar-refractivity contribution >= 4 is 26.7 Å². The second kappa shape index (κ2) is 6.46. The highest BCUT2D eigenvalue weighted by molar-refractivity contribution is 9.09. The maximum atomic E-state index is 6.11. The smallest absolute Gasteiger partial charge is 0.0868 e. The number of hydrogen-bond donors (Lipinski definition) is 0. The second-order valence-electron chi connectivity index (χ2n) is 6.16. The van der Waals surface area contributed by atoms with Gasteiger partial charge in [-0.05, 0) is 34.4 Å². The summed E-state index contributed by atoms with van der Waals surface area (Å²) < 4.78 is 6.11. The minimum absolute atomic E-state index is 0.157. The van der Waals surface area contributed by atoms with Crippen LogP contribution in [-0.2, 0) is 4.74 Å². The van der Waals surface area contributed by atoms with Crippen LogP contribution in [-0.4, -0.2) is 6.61 Å². The van der Waals surface area contributed by atoms with Crippen LogP contribution < -0.4 is 0 Å². The van der Waals surface area contributed by atoms with Crippen molar-refractivity contribution in [2.75, 3.05) is 6.61 Å². The van der Waals surface area contributed by atoms with Crippen LogP contribution in [0.15, 0.2) is 72.8 Å². The molecule has 1 saturated heterocycles. The van der Waals surface area contributed by atoms with Crippen LogP contribution in [0.25, 0.3) is 10.8 Å². The van der Waals surface area contributed by atoms with Gasteiger partial charge >= 0.3 is 0 Å². The average molecular weight is 367 g/mol. The van der Waals surface area contributed by atoms with E-state index in [9.17, 15) is 0 Å². The van der Waals surface area contributed by atoms with E-state index < -0.39 is 0 Å². The van der Waals surface area contributed by atoms with Gasteiger partial charge in [0.15, 0.2) is 0 Å². The molecular formula is C21H19BrO. The summed E-state index contributed by atoms with van der Waals surface area (Å²) in [6, 6.07) is 25.9. The molecule has 3 atom stereocenters. The standard InChI is InChI=1S/C21H19BrO/c22-20(16-7-2-1-3-8-16)19-12-13-23-21(19)18-11-10-15-6-4-5-9-17(15)14-18/h1-11,14,19-21H,12-13H2/t19-,20-,21-/m0/s1. The van der Waals surface area contributed by atoms with Crippen LogP contribution >= 0.6 is 15.9 Å². The number of halogens is 1. The highest BCUT2D eigenvalue weighted by Crippen LogP contribution is 2.46. The van der Waals surface area contributed by atoms with Crippen molar-refractivity contribution < 1.29 is 4.74 Å². The molecule has 116 valence electrons. The molecule has 0 aromatic heterocycles. The third-order valence-electron chi connectivity index (χ3n) is 4.73. The molecule has 0 saturated carbocycles. The van der Waals surface area contributed by atoms with Crippen LogP contribution in [0, 0.1) is 5.92 Å². The predicted octanol–water partition coefficient (Wildman–Crippen LogP) is 6.05. The first kappa shape index (κ1) is 14.9. The second-order valence-corrected chi connectivity index (χ2v) is 7.15. The Morgan fingerprint density at radius 3 is 2.43 bits per heavy atom. The Kier molecular flexibility index (Phi) is 4.19.